The number of aliphatic carboxylic acids is 1. The summed E-state index contributed by atoms with van der Waals surface area (Å²) in [5, 5.41) is 11.2. The highest BCUT2D eigenvalue weighted by molar-refractivity contribution is 8.00. The number of quaternary nitrogens is 1. The first-order chi connectivity index (χ1) is 9.43. The Hall–Kier alpha value is -0.760. The van der Waals surface area contributed by atoms with E-state index in [0.29, 0.717) is 12.3 Å². The molecule has 2 fully saturated rings. The summed E-state index contributed by atoms with van der Waals surface area (Å²) in [7, 11) is 2.15. The smallest absolute Gasteiger partial charge is 0.248 e. The lowest BCUT2D eigenvalue weighted by Gasteiger charge is -2.50. The fourth-order valence-corrected chi connectivity index (χ4v) is 4.69. The second-order valence-electron chi connectivity index (χ2n) is 6.11. The molecule has 1 amide bonds. The standard InChI is InChI=1S/C13H19N3O3S.ClH/c1-16(4-2-3-5-16)6-8-7-20-12-9(14)11(17)15(12)10(8)13(18)19;/h9,12H,2-7,14H2,1H3;1H/t9?,12-;/m1./s1. The molecule has 0 radical (unpaired) electrons. The van der Waals surface area contributed by atoms with Gasteiger partial charge in [-0.25, -0.2) is 0 Å². The fraction of sp³-hybridized carbons (Fsp3) is 0.692. The summed E-state index contributed by atoms with van der Waals surface area (Å²) in [4.78, 5) is 24.6. The van der Waals surface area contributed by atoms with Crippen LogP contribution in [0, 0.1) is 0 Å². The van der Waals surface area contributed by atoms with Crippen molar-refractivity contribution in [2.24, 2.45) is 5.73 Å². The zero-order valence-corrected chi connectivity index (χ0v) is 13.5. The van der Waals surface area contributed by atoms with E-state index >= 15 is 0 Å². The second kappa shape index (κ2) is 5.79. The molecule has 0 aliphatic carbocycles. The van der Waals surface area contributed by atoms with Crippen LogP contribution < -0.4 is 10.8 Å². The number of thioether (sulfide) groups is 1. The Labute approximate surface area is 134 Å². The average Bonchev–Trinajstić information content (AvgIpc) is 2.83. The number of hydrogen-bond acceptors (Lipinski definition) is 5. The van der Waals surface area contributed by atoms with Gasteiger partial charge in [-0.05, 0) is 0 Å². The molecule has 118 valence electrons. The number of nitrogens with two attached hydrogens (primary N) is 1. The van der Waals surface area contributed by atoms with Crippen LogP contribution in [-0.4, -0.2) is 65.1 Å². The number of likely N-dealkylation sites (N-methyl/N-ethyl adjacent to an activating group) is 1. The molecule has 3 rings (SSSR count). The molecular formula is C13H20ClN3O3S. The lowest BCUT2D eigenvalue weighted by atomic mass is 10.0. The fourth-order valence-electron chi connectivity index (χ4n) is 3.41. The number of carbonyl (C=O) groups is 2. The molecule has 1 unspecified atom stereocenters. The molecular weight excluding hydrogens is 314 g/mol. The number of amides is 1. The number of likely N-dealkylation sites (tertiary alicyclic amines) is 1. The van der Waals surface area contributed by atoms with Gasteiger partial charge in [0.1, 0.15) is 18.0 Å². The van der Waals surface area contributed by atoms with Crippen molar-refractivity contribution in [3.63, 3.8) is 0 Å². The number of rotatable bonds is 3. The average molecular weight is 334 g/mol. The molecule has 3 aliphatic rings. The Kier molecular flexibility index (Phi) is 4.58. The first-order valence-electron chi connectivity index (χ1n) is 6.90. The third kappa shape index (κ3) is 2.67. The van der Waals surface area contributed by atoms with Crippen molar-refractivity contribution in [2.45, 2.75) is 24.3 Å². The minimum atomic E-state index is -1.25. The van der Waals surface area contributed by atoms with Crippen molar-refractivity contribution in [3.05, 3.63) is 11.3 Å². The van der Waals surface area contributed by atoms with Gasteiger partial charge in [-0.1, -0.05) is 0 Å². The molecule has 3 aliphatic heterocycles. The van der Waals surface area contributed by atoms with Gasteiger partial charge in [0.2, 0.25) is 5.91 Å². The summed E-state index contributed by atoms with van der Waals surface area (Å²) in [6.07, 6.45) is 2.35. The van der Waals surface area contributed by atoms with Gasteiger partial charge in [-0.2, -0.15) is 0 Å². The van der Waals surface area contributed by atoms with Crippen molar-refractivity contribution in [1.29, 1.82) is 0 Å². The maximum Gasteiger partial charge on any atom is 0.248 e. The van der Waals surface area contributed by atoms with E-state index in [1.165, 1.54) is 17.7 Å². The quantitative estimate of drug-likeness (QED) is 0.523. The zero-order valence-electron chi connectivity index (χ0n) is 11.9. The Morgan fingerprint density at radius 1 is 1.48 bits per heavy atom. The predicted octanol–water partition coefficient (Wildman–Crippen LogP) is -1.10. The first kappa shape index (κ1) is 16.6. The Bertz CT molecular complexity index is 505. The maximum atomic E-state index is 11.8. The molecule has 2 atom stereocenters. The van der Waals surface area contributed by atoms with E-state index in [-0.39, 0.29) is 29.4 Å². The van der Waals surface area contributed by atoms with Crippen LogP contribution in [0.5, 0.6) is 0 Å². The van der Waals surface area contributed by atoms with Crippen molar-refractivity contribution < 1.29 is 19.2 Å². The number of carboxylic acid groups (broad SMARTS) is 1. The Balaban J connectivity index is 0.00000161. The number of carboxylic acids is 1. The topological polar surface area (TPSA) is 86.5 Å². The van der Waals surface area contributed by atoms with Gasteiger partial charge in [0.05, 0.1) is 31.8 Å². The second-order valence-corrected chi connectivity index (χ2v) is 7.21. The highest BCUT2D eigenvalue weighted by Crippen LogP contribution is 2.40. The minimum absolute atomic E-state index is 0. The molecule has 0 bridgehead atoms. The molecule has 21 heavy (non-hydrogen) atoms. The van der Waals surface area contributed by atoms with Crippen LogP contribution in [0.2, 0.25) is 0 Å². The van der Waals surface area contributed by atoms with E-state index < -0.39 is 12.0 Å². The van der Waals surface area contributed by atoms with Crippen LogP contribution in [0.1, 0.15) is 12.8 Å². The van der Waals surface area contributed by atoms with Crippen molar-refractivity contribution >= 4 is 36.0 Å². The van der Waals surface area contributed by atoms with Crippen molar-refractivity contribution in [1.82, 2.24) is 4.90 Å². The van der Waals surface area contributed by atoms with Gasteiger partial charge in [-0.3, -0.25) is 9.69 Å². The van der Waals surface area contributed by atoms with E-state index in [2.05, 4.69) is 7.05 Å². The van der Waals surface area contributed by atoms with Gasteiger partial charge in [0, 0.05) is 24.2 Å². The van der Waals surface area contributed by atoms with E-state index in [9.17, 15) is 14.7 Å². The van der Waals surface area contributed by atoms with Crippen molar-refractivity contribution in [3.8, 4) is 0 Å². The maximum absolute atomic E-state index is 11.8. The van der Waals surface area contributed by atoms with E-state index in [4.69, 9.17) is 5.73 Å². The van der Waals surface area contributed by atoms with Gasteiger partial charge in [-0.15, -0.1) is 24.2 Å². The van der Waals surface area contributed by atoms with Crippen LogP contribution in [0.15, 0.2) is 11.3 Å². The lowest BCUT2D eigenvalue weighted by molar-refractivity contribution is -0.893. The largest absolute Gasteiger partial charge is 0.543 e. The molecule has 0 spiro atoms. The number of halogens is 1. The van der Waals surface area contributed by atoms with Crippen LogP contribution in [-0.2, 0) is 9.59 Å². The SMILES string of the molecule is C[N+]1(CC2=C(C(=O)[O-])N3C(=O)C(N)[C@H]3SC2)CCCC1.Cl. The molecule has 2 N–H and O–H groups in total. The van der Waals surface area contributed by atoms with Crippen LogP contribution >= 0.6 is 24.2 Å². The molecule has 0 aromatic carbocycles. The van der Waals surface area contributed by atoms with Crippen LogP contribution in [0.3, 0.4) is 0 Å². The number of fused-ring (bicyclic) bond motifs is 1. The van der Waals surface area contributed by atoms with Crippen LogP contribution in [0.4, 0.5) is 0 Å². The number of carbonyl (C=O) groups excluding carboxylic acids is 2. The molecule has 2 saturated heterocycles. The molecule has 8 heteroatoms. The first-order valence-corrected chi connectivity index (χ1v) is 7.95. The summed E-state index contributed by atoms with van der Waals surface area (Å²) in [5.74, 6) is -0.932. The summed E-state index contributed by atoms with van der Waals surface area (Å²) in [6, 6.07) is -0.576. The Morgan fingerprint density at radius 2 is 2.10 bits per heavy atom. The minimum Gasteiger partial charge on any atom is -0.543 e. The van der Waals surface area contributed by atoms with E-state index in [1.807, 2.05) is 0 Å². The summed E-state index contributed by atoms with van der Waals surface area (Å²) < 4.78 is 0.853. The Morgan fingerprint density at radius 3 is 2.67 bits per heavy atom. The molecule has 0 aromatic rings. The number of hydrogen-bond donors (Lipinski definition) is 1. The highest BCUT2D eigenvalue weighted by Gasteiger charge is 2.50. The van der Waals surface area contributed by atoms with Gasteiger partial charge in [0.25, 0.3) is 0 Å². The zero-order chi connectivity index (χ0) is 14.5. The number of nitrogens with zero attached hydrogens (tertiary/aromatic N) is 2. The van der Waals surface area contributed by atoms with Gasteiger partial charge < -0.3 is 20.1 Å². The normalized spacial score (nSPS) is 30.6. The highest BCUT2D eigenvalue weighted by atomic mass is 35.5. The summed E-state index contributed by atoms with van der Waals surface area (Å²) in [6.45, 7) is 2.80. The third-order valence-corrected chi connectivity index (χ3v) is 5.86. The number of β-lactam (4-membered cyclic amide) rings is 1. The predicted molar refractivity (Wildman–Crippen MR) is 80.4 cm³/mol. The van der Waals surface area contributed by atoms with E-state index in [1.54, 1.807) is 11.8 Å². The molecule has 6 nitrogen and oxygen atoms in total. The third-order valence-electron chi connectivity index (χ3n) is 4.50. The van der Waals surface area contributed by atoms with Gasteiger partial charge >= 0.3 is 0 Å². The van der Waals surface area contributed by atoms with Gasteiger partial charge in [0.15, 0.2) is 0 Å². The summed E-state index contributed by atoms with van der Waals surface area (Å²) >= 11 is 1.56. The monoisotopic (exact) mass is 333 g/mol. The van der Waals surface area contributed by atoms with Crippen LogP contribution in [0.25, 0.3) is 0 Å². The van der Waals surface area contributed by atoms with Crippen molar-refractivity contribution in [2.75, 3.05) is 32.4 Å². The molecule has 3 heterocycles. The van der Waals surface area contributed by atoms with E-state index in [0.717, 1.165) is 23.1 Å². The lowest BCUT2D eigenvalue weighted by Crippen LogP contribution is -2.69. The molecule has 0 saturated carbocycles. The summed E-state index contributed by atoms with van der Waals surface area (Å²) in [5.41, 5.74) is 6.61. The molecule has 0 aromatic heterocycles.